The Morgan fingerprint density at radius 3 is 2.58 bits per heavy atom. The molecule has 2 rings (SSSR count). The van der Waals surface area contributed by atoms with E-state index in [4.69, 9.17) is 11.6 Å². The van der Waals surface area contributed by atoms with Gasteiger partial charge in [-0.3, -0.25) is 4.79 Å². The zero-order valence-electron chi connectivity index (χ0n) is 13.8. The molecule has 0 saturated heterocycles. The maximum atomic E-state index is 13.7. The fourth-order valence-corrected chi connectivity index (χ4v) is 3.33. The van der Waals surface area contributed by atoms with Crippen molar-refractivity contribution in [1.82, 2.24) is 5.32 Å². The number of benzene rings is 2. The van der Waals surface area contributed by atoms with Crippen LogP contribution in [-0.4, -0.2) is 11.7 Å². The van der Waals surface area contributed by atoms with Crippen LogP contribution < -0.4 is 5.32 Å². The summed E-state index contributed by atoms with van der Waals surface area (Å²) in [5.41, 5.74) is 2.86. The Bertz CT molecular complexity index is 690. The first-order valence-corrected chi connectivity index (χ1v) is 9.40. The highest BCUT2D eigenvalue weighted by Crippen LogP contribution is 2.20. The highest BCUT2D eigenvalue weighted by molar-refractivity contribution is 7.99. The predicted molar refractivity (Wildman–Crippen MR) is 99.9 cm³/mol. The fraction of sp³-hybridized carbons (Fsp3) is 0.316. The molecule has 2 nitrogen and oxygen atoms in total. The number of carbonyl (C=O) groups is 1. The molecular weight excluding hydrogens is 345 g/mol. The van der Waals surface area contributed by atoms with Crippen LogP contribution in [-0.2, 0) is 10.5 Å². The van der Waals surface area contributed by atoms with Gasteiger partial charge in [-0.15, -0.1) is 11.8 Å². The van der Waals surface area contributed by atoms with E-state index in [1.54, 1.807) is 12.1 Å². The van der Waals surface area contributed by atoms with Crippen molar-refractivity contribution in [1.29, 1.82) is 0 Å². The van der Waals surface area contributed by atoms with Gasteiger partial charge in [-0.05, 0) is 36.6 Å². The quantitative estimate of drug-likeness (QED) is 0.722. The summed E-state index contributed by atoms with van der Waals surface area (Å²) in [6.07, 6.45) is 0.825. The summed E-state index contributed by atoms with van der Waals surface area (Å²) < 4.78 is 13.7. The lowest BCUT2D eigenvalue weighted by Crippen LogP contribution is -2.29. The number of aryl methyl sites for hydroxylation is 1. The lowest BCUT2D eigenvalue weighted by atomic mass is 10.0. The van der Waals surface area contributed by atoms with E-state index in [1.165, 1.54) is 23.4 Å². The summed E-state index contributed by atoms with van der Waals surface area (Å²) in [5, 5.41) is 3.42. The minimum atomic E-state index is -0.332. The zero-order chi connectivity index (χ0) is 17.5. The number of halogens is 2. The Morgan fingerprint density at radius 2 is 1.96 bits per heavy atom. The molecule has 0 aliphatic carbocycles. The molecule has 24 heavy (non-hydrogen) atoms. The molecule has 5 heteroatoms. The van der Waals surface area contributed by atoms with E-state index in [-0.39, 0.29) is 17.8 Å². The second kappa shape index (κ2) is 9.09. The molecule has 1 N–H and O–H groups in total. The fourth-order valence-electron chi connectivity index (χ4n) is 2.35. The van der Waals surface area contributed by atoms with Gasteiger partial charge in [0.15, 0.2) is 0 Å². The summed E-state index contributed by atoms with van der Waals surface area (Å²) in [7, 11) is 0. The molecule has 0 unspecified atom stereocenters. The summed E-state index contributed by atoms with van der Waals surface area (Å²) >= 11 is 7.12. The number of nitrogens with one attached hydrogen (secondary N) is 1. The van der Waals surface area contributed by atoms with E-state index in [2.05, 4.69) is 5.32 Å². The molecule has 1 amide bonds. The minimum absolute atomic E-state index is 0.00553. The topological polar surface area (TPSA) is 29.1 Å². The van der Waals surface area contributed by atoms with E-state index >= 15 is 0 Å². The smallest absolute Gasteiger partial charge is 0.230 e. The molecule has 2 aromatic rings. The van der Waals surface area contributed by atoms with Crippen molar-refractivity contribution in [3.8, 4) is 0 Å². The monoisotopic (exact) mass is 365 g/mol. The SMILES string of the molecule is CC[C@@H](NC(=O)CSCc1ccc(Cl)cc1F)c1ccc(C)cc1. The Balaban J connectivity index is 1.84. The van der Waals surface area contributed by atoms with Gasteiger partial charge in [0.05, 0.1) is 11.8 Å². The average Bonchev–Trinajstić information content (AvgIpc) is 2.55. The van der Waals surface area contributed by atoms with Crippen LogP contribution in [0.25, 0.3) is 0 Å². The molecule has 1 atom stereocenters. The van der Waals surface area contributed by atoms with Crippen molar-refractivity contribution < 1.29 is 9.18 Å². The van der Waals surface area contributed by atoms with Crippen molar-refractivity contribution in [2.45, 2.75) is 32.1 Å². The third-order valence-electron chi connectivity index (χ3n) is 3.73. The number of thioether (sulfide) groups is 1. The van der Waals surface area contributed by atoms with Gasteiger partial charge >= 0.3 is 0 Å². The van der Waals surface area contributed by atoms with Gasteiger partial charge in [0.25, 0.3) is 0 Å². The Hall–Kier alpha value is -1.52. The summed E-state index contributed by atoms with van der Waals surface area (Å²) in [6, 6.07) is 12.8. The van der Waals surface area contributed by atoms with Gasteiger partial charge in [-0.2, -0.15) is 0 Å². The number of rotatable bonds is 7. The highest BCUT2D eigenvalue weighted by Gasteiger charge is 2.13. The minimum Gasteiger partial charge on any atom is -0.349 e. The van der Waals surface area contributed by atoms with Gasteiger partial charge < -0.3 is 5.32 Å². The molecule has 0 aliphatic heterocycles. The molecule has 0 fully saturated rings. The van der Waals surface area contributed by atoms with E-state index in [0.717, 1.165) is 12.0 Å². The molecular formula is C19H21ClFNOS. The van der Waals surface area contributed by atoms with E-state index in [0.29, 0.717) is 22.1 Å². The first-order valence-electron chi connectivity index (χ1n) is 7.87. The molecule has 0 spiro atoms. The molecule has 0 radical (unpaired) electrons. The van der Waals surface area contributed by atoms with Crippen LogP contribution in [0.2, 0.25) is 5.02 Å². The van der Waals surface area contributed by atoms with Crippen molar-refractivity contribution in [2.24, 2.45) is 0 Å². The Labute approximate surface area is 151 Å². The van der Waals surface area contributed by atoms with Crippen LogP contribution in [0.1, 0.15) is 36.1 Å². The van der Waals surface area contributed by atoms with E-state index < -0.39 is 0 Å². The van der Waals surface area contributed by atoms with Gasteiger partial charge in [0.2, 0.25) is 5.91 Å². The summed E-state index contributed by atoms with van der Waals surface area (Å²) in [5.74, 6) is 0.366. The second-order valence-corrected chi connectivity index (χ2v) is 7.09. The molecule has 2 aromatic carbocycles. The highest BCUT2D eigenvalue weighted by atomic mass is 35.5. The number of hydrogen-bond donors (Lipinski definition) is 1. The molecule has 128 valence electrons. The standard InChI is InChI=1S/C19H21ClFNOS/c1-3-18(14-6-4-13(2)5-7-14)22-19(23)12-24-11-15-8-9-16(20)10-17(15)21/h4-10,18H,3,11-12H2,1-2H3,(H,22,23)/t18-/m1/s1. The van der Waals surface area contributed by atoms with E-state index in [9.17, 15) is 9.18 Å². The van der Waals surface area contributed by atoms with Crippen LogP contribution in [0.4, 0.5) is 4.39 Å². The van der Waals surface area contributed by atoms with Crippen LogP contribution in [0.3, 0.4) is 0 Å². The first-order chi connectivity index (χ1) is 11.5. The molecule has 0 bridgehead atoms. The van der Waals surface area contributed by atoms with Gasteiger partial charge in [0.1, 0.15) is 5.82 Å². The van der Waals surface area contributed by atoms with Gasteiger partial charge in [-0.25, -0.2) is 4.39 Å². The van der Waals surface area contributed by atoms with Crippen molar-refractivity contribution in [3.05, 3.63) is 70.0 Å². The lowest BCUT2D eigenvalue weighted by Gasteiger charge is -2.17. The van der Waals surface area contributed by atoms with Crippen LogP contribution in [0.15, 0.2) is 42.5 Å². The normalized spacial score (nSPS) is 12.0. The molecule has 0 aliphatic rings. The number of amides is 1. The number of hydrogen-bond acceptors (Lipinski definition) is 2. The third kappa shape index (κ3) is 5.53. The maximum Gasteiger partial charge on any atom is 0.230 e. The molecule has 0 saturated carbocycles. The van der Waals surface area contributed by atoms with Gasteiger partial charge in [-0.1, -0.05) is 54.4 Å². The maximum absolute atomic E-state index is 13.7. The van der Waals surface area contributed by atoms with Crippen molar-refractivity contribution >= 4 is 29.3 Å². The summed E-state index contributed by atoms with van der Waals surface area (Å²) in [4.78, 5) is 12.1. The predicted octanol–water partition coefficient (Wildman–Crippen LogP) is 5.29. The van der Waals surface area contributed by atoms with Crippen LogP contribution in [0.5, 0.6) is 0 Å². The third-order valence-corrected chi connectivity index (χ3v) is 4.95. The largest absolute Gasteiger partial charge is 0.349 e. The van der Waals surface area contributed by atoms with Crippen LogP contribution in [0, 0.1) is 12.7 Å². The molecule has 0 aromatic heterocycles. The number of carbonyl (C=O) groups excluding carboxylic acids is 1. The Kier molecular flexibility index (Phi) is 7.13. The average molecular weight is 366 g/mol. The first kappa shape index (κ1) is 18.8. The van der Waals surface area contributed by atoms with Crippen molar-refractivity contribution in [2.75, 3.05) is 5.75 Å². The Morgan fingerprint density at radius 1 is 1.25 bits per heavy atom. The summed E-state index contributed by atoms with van der Waals surface area (Å²) in [6.45, 7) is 4.08. The van der Waals surface area contributed by atoms with Gasteiger partial charge in [0, 0.05) is 10.8 Å². The van der Waals surface area contributed by atoms with Crippen molar-refractivity contribution in [3.63, 3.8) is 0 Å². The second-order valence-electron chi connectivity index (χ2n) is 5.67. The molecule has 0 heterocycles. The zero-order valence-corrected chi connectivity index (χ0v) is 15.4. The lowest BCUT2D eigenvalue weighted by molar-refractivity contribution is -0.119. The van der Waals surface area contributed by atoms with E-state index in [1.807, 2.05) is 38.1 Å². The van der Waals surface area contributed by atoms with Crippen LogP contribution >= 0.6 is 23.4 Å².